The van der Waals surface area contributed by atoms with Crippen molar-refractivity contribution in [2.45, 2.75) is 12.1 Å². The van der Waals surface area contributed by atoms with E-state index in [-0.39, 0.29) is 24.1 Å². The van der Waals surface area contributed by atoms with Crippen LogP contribution in [0.3, 0.4) is 0 Å². The van der Waals surface area contributed by atoms with Crippen molar-refractivity contribution in [1.29, 1.82) is 0 Å². The van der Waals surface area contributed by atoms with E-state index >= 15 is 0 Å². The lowest BCUT2D eigenvalue weighted by molar-refractivity contribution is -0.122. The van der Waals surface area contributed by atoms with E-state index in [0.29, 0.717) is 0 Å². The van der Waals surface area contributed by atoms with Crippen molar-refractivity contribution < 1.29 is 14.3 Å². The molecule has 0 radical (unpaired) electrons. The highest BCUT2D eigenvalue weighted by Crippen LogP contribution is 2.16. The Morgan fingerprint density at radius 2 is 2.39 bits per heavy atom. The van der Waals surface area contributed by atoms with Gasteiger partial charge in [-0.2, -0.15) is 0 Å². The fourth-order valence-electron chi connectivity index (χ4n) is 1.74. The van der Waals surface area contributed by atoms with Crippen LogP contribution in [0, 0.1) is 5.82 Å². The highest BCUT2D eigenvalue weighted by atomic mass is 32.2. The van der Waals surface area contributed by atoms with Gasteiger partial charge in [-0.25, -0.2) is 4.39 Å². The second-order valence-electron chi connectivity index (χ2n) is 4.05. The number of amides is 1. The van der Waals surface area contributed by atoms with Crippen molar-refractivity contribution >= 4 is 17.7 Å². The minimum atomic E-state index is -1.02. The lowest BCUT2D eigenvalue weighted by Crippen LogP contribution is -2.43. The number of halogens is 1. The number of aliphatic hydroxyl groups excluding tert-OH is 1. The molecule has 1 fully saturated rings. The summed E-state index contributed by atoms with van der Waals surface area (Å²) >= 11 is 1.65. The van der Waals surface area contributed by atoms with Crippen LogP contribution < -0.4 is 10.6 Å². The number of thioether (sulfide) groups is 1. The van der Waals surface area contributed by atoms with Gasteiger partial charge in [0.25, 0.3) is 0 Å². The van der Waals surface area contributed by atoms with Crippen LogP contribution in [0.2, 0.25) is 0 Å². The molecule has 1 saturated heterocycles. The first-order chi connectivity index (χ1) is 8.68. The Morgan fingerprint density at radius 1 is 1.61 bits per heavy atom. The molecular formula is C12H15FN2O2S. The first kappa shape index (κ1) is 13.3. The molecular weight excluding hydrogens is 255 g/mol. The van der Waals surface area contributed by atoms with E-state index in [1.165, 1.54) is 12.1 Å². The average molecular weight is 270 g/mol. The molecule has 1 aliphatic heterocycles. The summed E-state index contributed by atoms with van der Waals surface area (Å²) in [5.41, 5.74) is 0.201. The lowest BCUT2D eigenvalue weighted by Gasteiger charge is -2.15. The van der Waals surface area contributed by atoms with Crippen LogP contribution in [0.25, 0.3) is 0 Å². The van der Waals surface area contributed by atoms with E-state index in [1.807, 2.05) is 0 Å². The second-order valence-corrected chi connectivity index (χ2v) is 5.08. The van der Waals surface area contributed by atoms with Crippen molar-refractivity contribution in [2.24, 2.45) is 0 Å². The number of hydrogen-bond acceptors (Lipinski definition) is 4. The summed E-state index contributed by atoms with van der Waals surface area (Å²) in [7, 11) is 0. The fourth-order valence-corrected chi connectivity index (χ4v) is 2.68. The molecule has 18 heavy (non-hydrogen) atoms. The zero-order valence-electron chi connectivity index (χ0n) is 9.73. The van der Waals surface area contributed by atoms with Crippen molar-refractivity contribution in [2.75, 3.05) is 18.2 Å². The van der Waals surface area contributed by atoms with Crippen LogP contribution in [0.4, 0.5) is 4.39 Å². The summed E-state index contributed by atoms with van der Waals surface area (Å²) in [6.07, 6.45) is -1.02. The quantitative estimate of drug-likeness (QED) is 0.751. The summed E-state index contributed by atoms with van der Waals surface area (Å²) < 4.78 is 13.4. The minimum absolute atomic E-state index is 0.0165. The molecule has 1 heterocycles. The number of nitrogens with one attached hydrogen (secondary N) is 2. The molecule has 3 N–H and O–H groups in total. The van der Waals surface area contributed by atoms with Gasteiger partial charge in [-0.15, -0.1) is 11.8 Å². The second kappa shape index (κ2) is 6.17. The van der Waals surface area contributed by atoms with Crippen LogP contribution >= 0.6 is 11.8 Å². The van der Waals surface area contributed by atoms with Gasteiger partial charge in [-0.05, 0) is 6.07 Å². The Labute approximate surface area is 109 Å². The van der Waals surface area contributed by atoms with E-state index in [0.717, 1.165) is 11.6 Å². The van der Waals surface area contributed by atoms with Crippen LogP contribution in [0.1, 0.15) is 11.7 Å². The topological polar surface area (TPSA) is 61.4 Å². The maximum absolute atomic E-state index is 13.4. The van der Waals surface area contributed by atoms with Gasteiger partial charge >= 0.3 is 0 Å². The fraction of sp³-hybridized carbons (Fsp3) is 0.417. The Hall–Kier alpha value is -1.11. The molecule has 2 atom stereocenters. The molecule has 1 aromatic rings. The summed E-state index contributed by atoms with van der Waals surface area (Å²) in [5.74, 6) is 0.861. The molecule has 98 valence electrons. The Balaban J connectivity index is 1.86. The molecule has 0 aromatic heterocycles. The lowest BCUT2D eigenvalue weighted by atomic mass is 10.1. The largest absolute Gasteiger partial charge is 0.386 e. The molecule has 2 rings (SSSR count). The molecule has 4 nitrogen and oxygen atoms in total. The summed E-state index contributed by atoms with van der Waals surface area (Å²) in [5, 5.41) is 15.5. The van der Waals surface area contributed by atoms with Gasteiger partial charge in [-0.3, -0.25) is 10.1 Å². The van der Waals surface area contributed by atoms with Crippen LogP contribution in [0.15, 0.2) is 24.3 Å². The number of hydrogen-bond donors (Lipinski definition) is 3. The predicted octanol–water partition coefficient (Wildman–Crippen LogP) is 0.638. The van der Waals surface area contributed by atoms with Crippen LogP contribution in [0.5, 0.6) is 0 Å². The third-order valence-corrected chi connectivity index (χ3v) is 3.71. The molecule has 0 saturated carbocycles. The molecule has 0 bridgehead atoms. The highest BCUT2D eigenvalue weighted by molar-refractivity contribution is 7.99. The highest BCUT2D eigenvalue weighted by Gasteiger charge is 2.23. The first-order valence-electron chi connectivity index (χ1n) is 5.70. The third kappa shape index (κ3) is 3.22. The van der Waals surface area contributed by atoms with E-state index < -0.39 is 11.9 Å². The zero-order valence-corrected chi connectivity index (χ0v) is 10.5. The van der Waals surface area contributed by atoms with Gasteiger partial charge in [0.15, 0.2) is 0 Å². The van der Waals surface area contributed by atoms with E-state index in [1.54, 1.807) is 23.9 Å². The van der Waals surface area contributed by atoms with Crippen molar-refractivity contribution in [3.05, 3.63) is 35.6 Å². The maximum atomic E-state index is 13.4. The summed E-state index contributed by atoms with van der Waals surface area (Å²) in [6.45, 7) is 0.0165. The SMILES string of the molecule is O=C(NC[C@@H](O)c1ccccc1F)[C@H]1CSCN1. The number of carbonyl (C=O) groups is 1. The summed E-state index contributed by atoms with van der Waals surface area (Å²) in [6, 6.07) is 5.79. The molecule has 1 aliphatic rings. The molecule has 0 spiro atoms. The number of rotatable bonds is 4. The van der Waals surface area contributed by atoms with Crippen LogP contribution in [-0.4, -0.2) is 35.2 Å². The molecule has 1 amide bonds. The average Bonchev–Trinajstić information content (AvgIpc) is 2.90. The number of benzene rings is 1. The van der Waals surface area contributed by atoms with Gasteiger partial charge in [-0.1, -0.05) is 18.2 Å². The summed E-state index contributed by atoms with van der Waals surface area (Å²) in [4.78, 5) is 11.7. The number of carbonyl (C=O) groups excluding carboxylic acids is 1. The Bertz CT molecular complexity index is 424. The normalized spacial score (nSPS) is 20.7. The van der Waals surface area contributed by atoms with E-state index in [2.05, 4.69) is 10.6 Å². The first-order valence-corrected chi connectivity index (χ1v) is 6.85. The zero-order chi connectivity index (χ0) is 13.0. The van der Waals surface area contributed by atoms with Crippen molar-refractivity contribution in [1.82, 2.24) is 10.6 Å². The monoisotopic (exact) mass is 270 g/mol. The molecule has 1 aromatic carbocycles. The smallest absolute Gasteiger partial charge is 0.238 e. The number of aliphatic hydroxyl groups is 1. The van der Waals surface area contributed by atoms with Crippen LogP contribution in [-0.2, 0) is 4.79 Å². The third-order valence-electron chi connectivity index (χ3n) is 2.77. The van der Waals surface area contributed by atoms with Crippen molar-refractivity contribution in [3.63, 3.8) is 0 Å². The molecule has 6 heteroatoms. The molecule has 0 aliphatic carbocycles. The van der Waals surface area contributed by atoms with Crippen molar-refractivity contribution in [3.8, 4) is 0 Å². The molecule has 0 unspecified atom stereocenters. The van der Waals surface area contributed by atoms with Gasteiger partial charge in [0.1, 0.15) is 5.82 Å². The Kier molecular flexibility index (Phi) is 4.57. The van der Waals surface area contributed by atoms with Gasteiger partial charge in [0.05, 0.1) is 12.1 Å². The standard InChI is InChI=1S/C12H15FN2O2S/c13-9-4-2-1-3-8(9)11(16)5-14-12(17)10-6-18-7-15-10/h1-4,10-11,15-16H,5-7H2,(H,14,17)/t10-,11-/m1/s1. The van der Waals surface area contributed by atoms with E-state index in [4.69, 9.17) is 0 Å². The predicted molar refractivity (Wildman–Crippen MR) is 68.6 cm³/mol. The van der Waals surface area contributed by atoms with Gasteiger partial charge < -0.3 is 10.4 Å². The maximum Gasteiger partial charge on any atom is 0.238 e. The Morgan fingerprint density at radius 3 is 3.06 bits per heavy atom. The van der Waals surface area contributed by atoms with Gasteiger partial charge in [0, 0.05) is 23.7 Å². The van der Waals surface area contributed by atoms with E-state index in [9.17, 15) is 14.3 Å². The minimum Gasteiger partial charge on any atom is -0.386 e. The van der Waals surface area contributed by atoms with Gasteiger partial charge in [0.2, 0.25) is 5.91 Å².